The van der Waals surface area contributed by atoms with Crippen molar-refractivity contribution in [2.45, 2.75) is 44.7 Å². The molecule has 1 N–H and O–H groups in total. The first-order chi connectivity index (χ1) is 17.4. The van der Waals surface area contributed by atoms with Crippen LogP contribution in [-0.2, 0) is 24.8 Å². The van der Waals surface area contributed by atoms with Gasteiger partial charge >= 0.3 is 0 Å². The molecule has 10 heteroatoms. The number of nitrogens with one attached hydrogen (secondary N) is 1. The number of aryl methyl sites for hydroxylation is 1. The van der Waals surface area contributed by atoms with Crippen molar-refractivity contribution in [3.8, 4) is 11.5 Å². The molecule has 3 aliphatic rings. The summed E-state index contributed by atoms with van der Waals surface area (Å²) in [4.78, 5) is 43.1. The molecule has 5 rings (SSSR count). The molecule has 10 nitrogen and oxygen atoms in total. The second-order valence-corrected chi connectivity index (χ2v) is 9.81. The molecule has 2 fully saturated rings. The molecule has 0 unspecified atom stereocenters. The smallest absolute Gasteiger partial charge is 0.274 e. The lowest BCUT2D eigenvalue weighted by Crippen LogP contribution is -2.46. The molecule has 2 aliphatic heterocycles. The number of nitrogens with zero attached hydrogens (tertiary/aromatic N) is 4. The highest BCUT2D eigenvalue weighted by atomic mass is 16.5. The minimum absolute atomic E-state index is 0.0447. The molecule has 192 valence electrons. The van der Waals surface area contributed by atoms with E-state index >= 15 is 0 Å². The number of carbonyl (C=O) groups is 3. The van der Waals surface area contributed by atoms with Crippen LogP contribution in [0.25, 0.3) is 0 Å². The highest BCUT2D eigenvalue weighted by molar-refractivity contribution is 5.98. The number of rotatable bonds is 6. The number of likely N-dealkylation sites (tertiary alicyclic amines) is 1. The van der Waals surface area contributed by atoms with E-state index in [4.69, 9.17) is 9.47 Å². The topological polar surface area (TPSA) is 106 Å². The molecule has 2 aromatic rings. The number of carbonyl (C=O) groups excluding carboxylic acids is 3. The Balaban J connectivity index is 1.34. The van der Waals surface area contributed by atoms with Gasteiger partial charge in [0.25, 0.3) is 11.8 Å². The second kappa shape index (κ2) is 9.83. The maximum Gasteiger partial charge on any atom is 0.274 e. The maximum atomic E-state index is 13.6. The number of hydrogen-bond acceptors (Lipinski definition) is 6. The standard InChI is InChI=1S/C26H33N5O5/c1-29-21-10-12-31(25(33)19-9-8-18(35-2)13-22(19)36-3)15-20(21)23(28-29)26(34)30-11-4-5-16(14-30)24(32)27-17-6-7-17/h8-9,13,16-17H,4-7,10-12,14-15H2,1-3H3,(H,27,32)/t16-/m1/s1. The predicted octanol–water partition coefficient (Wildman–Crippen LogP) is 1.77. The fourth-order valence-electron chi connectivity index (χ4n) is 5.16. The summed E-state index contributed by atoms with van der Waals surface area (Å²) >= 11 is 0. The Kier molecular flexibility index (Phi) is 6.59. The van der Waals surface area contributed by atoms with Crippen molar-refractivity contribution < 1.29 is 23.9 Å². The van der Waals surface area contributed by atoms with Gasteiger partial charge in [-0.3, -0.25) is 19.1 Å². The van der Waals surface area contributed by atoms with Crippen LogP contribution in [-0.4, -0.2) is 77.2 Å². The van der Waals surface area contributed by atoms with E-state index in [1.807, 2.05) is 7.05 Å². The van der Waals surface area contributed by atoms with E-state index in [2.05, 4.69) is 10.4 Å². The van der Waals surface area contributed by atoms with Gasteiger partial charge in [-0.25, -0.2) is 0 Å². The van der Waals surface area contributed by atoms with Crippen LogP contribution in [0.4, 0.5) is 0 Å². The van der Waals surface area contributed by atoms with Gasteiger partial charge in [0.15, 0.2) is 5.69 Å². The van der Waals surface area contributed by atoms with E-state index in [1.165, 1.54) is 7.11 Å². The van der Waals surface area contributed by atoms with Gasteiger partial charge in [-0.2, -0.15) is 5.10 Å². The van der Waals surface area contributed by atoms with Crippen LogP contribution in [0.1, 0.15) is 57.8 Å². The van der Waals surface area contributed by atoms with Crippen molar-refractivity contribution in [1.82, 2.24) is 24.9 Å². The Morgan fingerprint density at radius 3 is 2.56 bits per heavy atom. The molecule has 3 amide bonds. The maximum absolute atomic E-state index is 13.6. The third-order valence-corrected chi connectivity index (χ3v) is 7.37. The van der Waals surface area contributed by atoms with Gasteiger partial charge in [0.2, 0.25) is 5.91 Å². The van der Waals surface area contributed by atoms with E-state index in [0.717, 1.165) is 36.9 Å². The summed E-state index contributed by atoms with van der Waals surface area (Å²) in [5.74, 6) is 0.558. The highest BCUT2D eigenvalue weighted by Crippen LogP contribution is 2.30. The van der Waals surface area contributed by atoms with Crippen LogP contribution >= 0.6 is 0 Å². The Morgan fingerprint density at radius 1 is 1.03 bits per heavy atom. The fraction of sp³-hybridized carbons (Fsp3) is 0.538. The van der Waals surface area contributed by atoms with Crippen LogP contribution in [0.3, 0.4) is 0 Å². The quantitative estimate of drug-likeness (QED) is 0.655. The summed E-state index contributed by atoms with van der Waals surface area (Å²) in [6.07, 6.45) is 4.25. The first-order valence-electron chi connectivity index (χ1n) is 12.5. The predicted molar refractivity (Wildman–Crippen MR) is 131 cm³/mol. The summed E-state index contributed by atoms with van der Waals surface area (Å²) in [6.45, 7) is 1.80. The molecule has 1 saturated carbocycles. The molecule has 0 radical (unpaired) electrons. The number of benzene rings is 1. The zero-order valence-corrected chi connectivity index (χ0v) is 21.1. The lowest BCUT2D eigenvalue weighted by molar-refractivity contribution is -0.126. The largest absolute Gasteiger partial charge is 0.497 e. The van der Waals surface area contributed by atoms with Crippen LogP contribution in [0.5, 0.6) is 11.5 Å². The minimum Gasteiger partial charge on any atom is -0.497 e. The average molecular weight is 496 g/mol. The lowest BCUT2D eigenvalue weighted by Gasteiger charge is -2.32. The van der Waals surface area contributed by atoms with E-state index < -0.39 is 0 Å². The Morgan fingerprint density at radius 2 is 1.83 bits per heavy atom. The van der Waals surface area contributed by atoms with Gasteiger partial charge in [-0.15, -0.1) is 0 Å². The fourth-order valence-corrected chi connectivity index (χ4v) is 5.16. The first-order valence-corrected chi connectivity index (χ1v) is 12.5. The second-order valence-electron chi connectivity index (χ2n) is 9.81. The van der Waals surface area contributed by atoms with Crippen molar-refractivity contribution in [1.29, 1.82) is 0 Å². The number of aromatic nitrogens is 2. The minimum atomic E-state index is -0.191. The SMILES string of the molecule is COc1ccc(C(=O)N2CCc3c(c(C(=O)N4CCC[C@@H](C(=O)NC5CC5)C4)nn3C)C2)c(OC)c1. The molecule has 36 heavy (non-hydrogen) atoms. The lowest BCUT2D eigenvalue weighted by atomic mass is 9.96. The summed E-state index contributed by atoms with van der Waals surface area (Å²) in [7, 11) is 4.92. The van der Waals surface area contributed by atoms with Crippen molar-refractivity contribution >= 4 is 17.7 Å². The summed E-state index contributed by atoms with van der Waals surface area (Å²) in [5.41, 5.74) is 2.55. The highest BCUT2D eigenvalue weighted by Gasteiger charge is 2.36. The van der Waals surface area contributed by atoms with Gasteiger partial charge in [0.1, 0.15) is 11.5 Å². The van der Waals surface area contributed by atoms with E-state index in [9.17, 15) is 14.4 Å². The summed E-state index contributed by atoms with van der Waals surface area (Å²) < 4.78 is 12.4. The molecule has 1 aromatic heterocycles. The molecular formula is C26H33N5O5. The third kappa shape index (κ3) is 4.64. The molecule has 1 saturated heterocycles. The third-order valence-electron chi connectivity index (χ3n) is 7.37. The molecule has 1 aromatic carbocycles. The zero-order chi connectivity index (χ0) is 25.4. The number of hydrogen-bond donors (Lipinski definition) is 1. The van der Waals surface area contributed by atoms with Crippen molar-refractivity contribution in [3.05, 3.63) is 40.7 Å². The van der Waals surface area contributed by atoms with Crippen LogP contribution in [0.15, 0.2) is 18.2 Å². The number of methoxy groups -OCH3 is 2. The summed E-state index contributed by atoms with van der Waals surface area (Å²) in [5, 5.41) is 7.63. The van der Waals surface area contributed by atoms with Crippen LogP contribution in [0, 0.1) is 5.92 Å². The van der Waals surface area contributed by atoms with Gasteiger partial charge in [0.05, 0.1) is 32.2 Å². The molecule has 1 aliphatic carbocycles. The number of piperidine rings is 1. The first kappa shape index (κ1) is 24.1. The van der Waals surface area contributed by atoms with Crippen molar-refractivity contribution in [2.75, 3.05) is 33.9 Å². The average Bonchev–Trinajstić information content (AvgIpc) is 3.67. The van der Waals surface area contributed by atoms with E-state index in [0.29, 0.717) is 54.9 Å². The Hall–Kier alpha value is -3.56. The molecule has 1 atom stereocenters. The number of amides is 3. The van der Waals surface area contributed by atoms with Crippen LogP contribution < -0.4 is 14.8 Å². The Labute approximate surface area is 210 Å². The summed E-state index contributed by atoms with van der Waals surface area (Å²) in [6, 6.07) is 5.43. The zero-order valence-electron chi connectivity index (χ0n) is 21.1. The molecule has 3 heterocycles. The monoisotopic (exact) mass is 495 g/mol. The normalized spacial score (nSPS) is 19.5. The van der Waals surface area contributed by atoms with Crippen molar-refractivity contribution in [2.24, 2.45) is 13.0 Å². The molecule has 0 bridgehead atoms. The van der Waals surface area contributed by atoms with Gasteiger partial charge in [-0.05, 0) is 37.8 Å². The van der Waals surface area contributed by atoms with Gasteiger partial charge < -0.3 is 24.6 Å². The van der Waals surface area contributed by atoms with Gasteiger partial charge in [-0.1, -0.05) is 0 Å². The van der Waals surface area contributed by atoms with Gasteiger partial charge in [0, 0.05) is 56.5 Å². The van der Waals surface area contributed by atoms with Crippen LogP contribution in [0.2, 0.25) is 0 Å². The molecule has 0 spiro atoms. The van der Waals surface area contributed by atoms with E-state index in [-0.39, 0.29) is 30.2 Å². The molecular weight excluding hydrogens is 462 g/mol. The number of fused-ring (bicyclic) bond motifs is 1. The Bertz CT molecular complexity index is 1190. The van der Waals surface area contributed by atoms with E-state index in [1.54, 1.807) is 39.8 Å². The van der Waals surface area contributed by atoms with Crippen molar-refractivity contribution in [3.63, 3.8) is 0 Å². The number of ether oxygens (including phenoxy) is 2.